The SMILES string of the molecule is CCCCc1cc(Nc2ccc3[nH]c(C(=O)NC)cc3c2)n2ncnc2n1. The van der Waals surface area contributed by atoms with Crippen molar-refractivity contribution in [2.24, 2.45) is 0 Å². The smallest absolute Gasteiger partial charge is 0.267 e. The molecule has 3 aromatic heterocycles. The summed E-state index contributed by atoms with van der Waals surface area (Å²) >= 11 is 0. The molecule has 0 spiro atoms. The zero-order valence-corrected chi connectivity index (χ0v) is 15.3. The molecule has 3 N–H and O–H groups in total. The van der Waals surface area contributed by atoms with Gasteiger partial charge in [-0.1, -0.05) is 13.3 Å². The predicted octanol–water partition coefficient (Wildman–Crippen LogP) is 3.05. The maximum atomic E-state index is 11.8. The summed E-state index contributed by atoms with van der Waals surface area (Å²) in [6.07, 6.45) is 4.59. The lowest BCUT2D eigenvalue weighted by Gasteiger charge is -2.10. The Balaban J connectivity index is 1.68. The Bertz CT molecular complexity index is 1110. The molecule has 0 aliphatic carbocycles. The van der Waals surface area contributed by atoms with Crippen LogP contribution in [-0.2, 0) is 6.42 Å². The van der Waals surface area contributed by atoms with Gasteiger partial charge in [-0.15, -0.1) is 0 Å². The van der Waals surface area contributed by atoms with Crippen molar-refractivity contribution >= 4 is 34.1 Å². The maximum absolute atomic E-state index is 11.8. The second-order valence-electron chi connectivity index (χ2n) is 6.40. The Morgan fingerprint density at radius 2 is 2.15 bits per heavy atom. The van der Waals surface area contributed by atoms with Crippen molar-refractivity contribution < 1.29 is 4.79 Å². The van der Waals surface area contributed by atoms with Gasteiger partial charge in [0, 0.05) is 35.4 Å². The van der Waals surface area contributed by atoms with Crippen LogP contribution >= 0.6 is 0 Å². The van der Waals surface area contributed by atoms with E-state index in [0.29, 0.717) is 11.5 Å². The van der Waals surface area contributed by atoms with E-state index in [2.05, 4.69) is 37.6 Å². The van der Waals surface area contributed by atoms with Crippen LogP contribution in [0.1, 0.15) is 35.9 Å². The first-order valence-electron chi connectivity index (χ1n) is 8.99. The van der Waals surface area contributed by atoms with Crippen LogP contribution < -0.4 is 10.6 Å². The first-order valence-corrected chi connectivity index (χ1v) is 8.99. The van der Waals surface area contributed by atoms with Crippen molar-refractivity contribution in [2.75, 3.05) is 12.4 Å². The Labute approximate surface area is 156 Å². The fourth-order valence-electron chi connectivity index (χ4n) is 3.05. The lowest BCUT2D eigenvalue weighted by molar-refractivity contribution is 0.0959. The minimum Gasteiger partial charge on any atom is -0.354 e. The molecule has 0 aliphatic heterocycles. The highest BCUT2D eigenvalue weighted by Gasteiger charge is 2.10. The van der Waals surface area contributed by atoms with E-state index in [4.69, 9.17) is 0 Å². The minimum absolute atomic E-state index is 0.139. The third kappa shape index (κ3) is 3.33. The average Bonchev–Trinajstić information content (AvgIpc) is 3.32. The number of hydrogen-bond donors (Lipinski definition) is 3. The maximum Gasteiger partial charge on any atom is 0.267 e. The van der Waals surface area contributed by atoms with Crippen molar-refractivity contribution in [1.29, 1.82) is 0 Å². The molecule has 27 heavy (non-hydrogen) atoms. The summed E-state index contributed by atoms with van der Waals surface area (Å²) in [5.41, 5.74) is 3.33. The van der Waals surface area contributed by atoms with Gasteiger partial charge in [-0.3, -0.25) is 4.79 Å². The molecule has 0 aliphatic rings. The molecule has 0 fully saturated rings. The number of amides is 1. The molecule has 4 rings (SSSR count). The largest absolute Gasteiger partial charge is 0.354 e. The summed E-state index contributed by atoms with van der Waals surface area (Å²) in [6.45, 7) is 2.16. The molecule has 8 nitrogen and oxygen atoms in total. The normalized spacial score (nSPS) is 11.2. The summed E-state index contributed by atoms with van der Waals surface area (Å²) in [5, 5.41) is 11.2. The zero-order chi connectivity index (χ0) is 18.8. The molecular formula is C19H21N7O. The van der Waals surface area contributed by atoms with Crippen LogP contribution in [0.5, 0.6) is 0 Å². The molecule has 4 aromatic rings. The fraction of sp³-hybridized carbons (Fsp3) is 0.263. The Morgan fingerprint density at radius 1 is 1.26 bits per heavy atom. The number of anilines is 2. The lowest BCUT2D eigenvalue weighted by atomic mass is 10.2. The van der Waals surface area contributed by atoms with E-state index in [1.807, 2.05) is 30.3 Å². The van der Waals surface area contributed by atoms with E-state index in [0.717, 1.165) is 47.4 Å². The van der Waals surface area contributed by atoms with Crippen molar-refractivity contribution in [3.05, 3.63) is 48.0 Å². The highest BCUT2D eigenvalue weighted by Crippen LogP contribution is 2.24. The summed E-state index contributed by atoms with van der Waals surface area (Å²) in [5.74, 6) is 1.25. The van der Waals surface area contributed by atoms with Crippen LogP contribution in [0.25, 0.3) is 16.7 Å². The quantitative estimate of drug-likeness (QED) is 0.489. The molecular weight excluding hydrogens is 342 g/mol. The number of hydrogen-bond acceptors (Lipinski definition) is 5. The molecule has 8 heteroatoms. The predicted molar refractivity (Wildman–Crippen MR) is 104 cm³/mol. The monoisotopic (exact) mass is 363 g/mol. The van der Waals surface area contributed by atoms with Crippen LogP contribution in [0, 0.1) is 0 Å². The second-order valence-corrected chi connectivity index (χ2v) is 6.40. The molecule has 3 heterocycles. The molecule has 1 aromatic carbocycles. The highest BCUT2D eigenvalue weighted by molar-refractivity contribution is 5.98. The number of unbranched alkanes of at least 4 members (excludes halogenated alkanes) is 1. The van der Waals surface area contributed by atoms with Gasteiger partial charge in [-0.25, -0.2) is 4.98 Å². The molecule has 138 valence electrons. The number of fused-ring (bicyclic) bond motifs is 2. The van der Waals surface area contributed by atoms with Gasteiger partial charge in [0.1, 0.15) is 17.8 Å². The Hall–Kier alpha value is -3.42. The number of aromatic amines is 1. The molecule has 0 unspecified atom stereocenters. The van der Waals surface area contributed by atoms with Crippen LogP contribution in [-0.4, -0.2) is 37.5 Å². The average molecular weight is 363 g/mol. The topological polar surface area (TPSA) is 100 Å². The first kappa shape index (κ1) is 17.0. The van der Waals surface area contributed by atoms with E-state index in [9.17, 15) is 4.79 Å². The van der Waals surface area contributed by atoms with Gasteiger partial charge >= 0.3 is 0 Å². The van der Waals surface area contributed by atoms with Gasteiger partial charge in [-0.05, 0) is 37.1 Å². The second kappa shape index (κ2) is 7.06. The molecule has 0 atom stereocenters. The number of aromatic nitrogens is 5. The molecule has 0 radical (unpaired) electrons. The lowest BCUT2D eigenvalue weighted by Crippen LogP contribution is -2.17. The van der Waals surface area contributed by atoms with Gasteiger partial charge in [0.2, 0.25) is 0 Å². The van der Waals surface area contributed by atoms with Crippen LogP contribution in [0.3, 0.4) is 0 Å². The van der Waals surface area contributed by atoms with E-state index in [1.165, 1.54) is 6.33 Å². The van der Waals surface area contributed by atoms with Crippen LogP contribution in [0.4, 0.5) is 11.5 Å². The van der Waals surface area contributed by atoms with Crippen molar-refractivity contribution in [2.45, 2.75) is 26.2 Å². The van der Waals surface area contributed by atoms with Crippen LogP contribution in [0.2, 0.25) is 0 Å². The number of carbonyl (C=O) groups is 1. The molecule has 0 bridgehead atoms. The van der Waals surface area contributed by atoms with Gasteiger partial charge in [0.05, 0.1) is 0 Å². The van der Waals surface area contributed by atoms with E-state index >= 15 is 0 Å². The minimum atomic E-state index is -0.139. The zero-order valence-electron chi connectivity index (χ0n) is 15.3. The molecule has 0 saturated carbocycles. The first-order chi connectivity index (χ1) is 13.2. The summed E-state index contributed by atoms with van der Waals surface area (Å²) in [7, 11) is 1.61. The van der Waals surface area contributed by atoms with Gasteiger partial charge in [0.25, 0.3) is 11.7 Å². The number of H-pyrrole nitrogens is 1. The Kier molecular flexibility index (Phi) is 4.45. The van der Waals surface area contributed by atoms with Crippen molar-refractivity contribution in [3.63, 3.8) is 0 Å². The van der Waals surface area contributed by atoms with Crippen molar-refractivity contribution in [1.82, 2.24) is 29.9 Å². The van der Waals surface area contributed by atoms with Crippen LogP contribution in [0.15, 0.2) is 36.7 Å². The standard InChI is InChI=1S/C19H21N7O/c1-3-4-5-13-10-17(26-19(24-13)21-11-22-26)23-14-6-7-15-12(8-14)9-16(25-15)18(27)20-2/h6-11,23,25H,3-5H2,1-2H3,(H,20,27). The number of benzene rings is 1. The fourth-order valence-corrected chi connectivity index (χ4v) is 3.05. The number of nitrogens with zero attached hydrogens (tertiary/aromatic N) is 4. The van der Waals surface area contributed by atoms with E-state index < -0.39 is 0 Å². The number of carbonyl (C=O) groups excluding carboxylic acids is 1. The van der Waals surface area contributed by atoms with Gasteiger partial charge < -0.3 is 15.6 Å². The Morgan fingerprint density at radius 3 is 2.96 bits per heavy atom. The summed E-state index contributed by atoms with van der Waals surface area (Å²) in [4.78, 5) is 23.7. The van der Waals surface area contributed by atoms with Crippen molar-refractivity contribution in [3.8, 4) is 0 Å². The number of rotatable bonds is 6. The van der Waals surface area contributed by atoms with E-state index in [1.54, 1.807) is 11.6 Å². The highest BCUT2D eigenvalue weighted by atomic mass is 16.1. The number of aryl methyl sites for hydroxylation is 1. The summed E-state index contributed by atoms with van der Waals surface area (Å²) < 4.78 is 1.69. The third-order valence-electron chi connectivity index (χ3n) is 4.46. The number of nitrogens with one attached hydrogen (secondary N) is 3. The van der Waals surface area contributed by atoms with Gasteiger partial charge in [0.15, 0.2) is 0 Å². The molecule has 0 saturated heterocycles. The summed E-state index contributed by atoms with van der Waals surface area (Å²) in [6, 6.07) is 9.74. The molecule has 1 amide bonds. The van der Waals surface area contributed by atoms with Gasteiger partial charge in [-0.2, -0.15) is 14.6 Å². The third-order valence-corrected chi connectivity index (χ3v) is 4.46. The van der Waals surface area contributed by atoms with E-state index in [-0.39, 0.29) is 5.91 Å².